The minimum absolute atomic E-state index is 1.12. The van der Waals surface area contributed by atoms with Gasteiger partial charge in [-0.3, -0.25) is 0 Å². The van der Waals surface area contributed by atoms with E-state index in [0.717, 1.165) is 4.60 Å². The average molecular weight is 236 g/mol. The molecular formula is C11H10BrN. The van der Waals surface area contributed by atoms with E-state index in [0.29, 0.717) is 0 Å². The second kappa shape index (κ2) is 3.38. The van der Waals surface area contributed by atoms with Crippen molar-refractivity contribution in [3.8, 4) is 11.1 Å². The Labute approximate surface area is 86.1 Å². The third kappa shape index (κ3) is 1.54. The highest BCUT2D eigenvalue weighted by molar-refractivity contribution is 9.10. The van der Waals surface area contributed by atoms with Crippen LogP contribution >= 0.6 is 15.9 Å². The molecule has 0 aliphatic carbocycles. The lowest BCUT2D eigenvalue weighted by molar-refractivity contribution is 0.903. The molecule has 1 heterocycles. The van der Waals surface area contributed by atoms with Gasteiger partial charge < -0.3 is 4.57 Å². The van der Waals surface area contributed by atoms with Crippen LogP contribution in [0.1, 0.15) is 0 Å². The topological polar surface area (TPSA) is 4.93 Å². The van der Waals surface area contributed by atoms with Gasteiger partial charge in [-0.2, -0.15) is 0 Å². The molecule has 0 atom stereocenters. The molecule has 2 rings (SSSR count). The molecule has 0 N–H and O–H groups in total. The summed E-state index contributed by atoms with van der Waals surface area (Å²) in [6.07, 6.45) is 2.05. The van der Waals surface area contributed by atoms with Crippen LogP contribution in [0.25, 0.3) is 11.1 Å². The van der Waals surface area contributed by atoms with Crippen LogP contribution in [0.4, 0.5) is 0 Å². The zero-order chi connectivity index (χ0) is 9.26. The first kappa shape index (κ1) is 8.57. The fraction of sp³-hybridized carbons (Fsp3) is 0.0909. The van der Waals surface area contributed by atoms with Gasteiger partial charge in [0.1, 0.15) is 0 Å². The molecule has 2 aromatic rings. The quantitative estimate of drug-likeness (QED) is 0.714. The summed E-state index contributed by atoms with van der Waals surface area (Å²) in [5.41, 5.74) is 2.48. The molecule has 0 radical (unpaired) electrons. The monoisotopic (exact) mass is 235 g/mol. The van der Waals surface area contributed by atoms with E-state index in [-0.39, 0.29) is 0 Å². The first-order chi connectivity index (χ1) is 6.29. The summed E-state index contributed by atoms with van der Waals surface area (Å²) >= 11 is 3.55. The van der Waals surface area contributed by atoms with Crippen LogP contribution in [0.15, 0.2) is 47.2 Å². The van der Waals surface area contributed by atoms with Crippen molar-refractivity contribution in [2.75, 3.05) is 0 Å². The third-order valence-electron chi connectivity index (χ3n) is 2.08. The van der Waals surface area contributed by atoms with Crippen molar-refractivity contribution in [1.82, 2.24) is 4.57 Å². The molecule has 0 aliphatic rings. The molecule has 13 heavy (non-hydrogen) atoms. The second-order valence-corrected chi connectivity index (χ2v) is 3.75. The van der Waals surface area contributed by atoms with Gasteiger partial charge in [-0.25, -0.2) is 0 Å². The maximum atomic E-state index is 3.55. The number of aryl methyl sites for hydroxylation is 1. The Morgan fingerprint density at radius 3 is 2.31 bits per heavy atom. The van der Waals surface area contributed by atoms with Gasteiger partial charge in [-0.1, -0.05) is 30.3 Å². The summed E-state index contributed by atoms with van der Waals surface area (Å²) in [5, 5.41) is 0. The van der Waals surface area contributed by atoms with Gasteiger partial charge in [0.15, 0.2) is 0 Å². The molecule has 0 bridgehead atoms. The SMILES string of the molecule is Cn1ccc(-c2ccccc2)c1Br. The Kier molecular flexibility index (Phi) is 2.23. The van der Waals surface area contributed by atoms with Crippen molar-refractivity contribution in [3.63, 3.8) is 0 Å². The largest absolute Gasteiger partial charge is 0.345 e. The Balaban J connectivity index is 2.53. The second-order valence-electron chi connectivity index (χ2n) is 3.00. The molecule has 0 fully saturated rings. The number of nitrogens with zero attached hydrogens (tertiary/aromatic N) is 1. The predicted molar refractivity (Wildman–Crippen MR) is 58.5 cm³/mol. The summed E-state index contributed by atoms with van der Waals surface area (Å²) in [5.74, 6) is 0. The van der Waals surface area contributed by atoms with Gasteiger partial charge in [0.25, 0.3) is 0 Å². The molecule has 0 saturated heterocycles. The van der Waals surface area contributed by atoms with Gasteiger partial charge in [-0.15, -0.1) is 0 Å². The summed E-state index contributed by atoms with van der Waals surface area (Å²) in [4.78, 5) is 0. The number of rotatable bonds is 1. The zero-order valence-electron chi connectivity index (χ0n) is 7.37. The molecule has 0 saturated carbocycles. The van der Waals surface area contributed by atoms with Crippen LogP contribution in [0.5, 0.6) is 0 Å². The number of hydrogen-bond donors (Lipinski definition) is 0. The van der Waals surface area contributed by atoms with Crippen molar-refractivity contribution in [3.05, 3.63) is 47.2 Å². The van der Waals surface area contributed by atoms with E-state index < -0.39 is 0 Å². The fourth-order valence-corrected chi connectivity index (χ4v) is 1.82. The Morgan fingerprint density at radius 1 is 1.08 bits per heavy atom. The Bertz CT molecular complexity index is 403. The van der Waals surface area contributed by atoms with Crippen molar-refractivity contribution in [2.24, 2.45) is 7.05 Å². The van der Waals surface area contributed by atoms with Crippen LogP contribution < -0.4 is 0 Å². The number of aromatic nitrogens is 1. The minimum atomic E-state index is 1.12. The van der Waals surface area contributed by atoms with E-state index in [1.807, 2.05) is 19.3 Å². The molecule has 0 unspecified atom stereocenters. The van der Waals surface area contributed by atoms with Gasteiger partial charge in [-0.05, 0) is 27.6 Å². The van der Waals surface area contributed by atoms with Crippen molar-refractivity contribution >= 4 is 15.9 Å². The standard InChI is InChI=1S/C11H10BrN/c1-13-8-7-10(11(13)12)9-5-3-2-4-6-9/h2-8H,1H3. The maximum Gasteiger partial charge on any atom is 0.0923 e. The lowest BCUT2D eigenvalue weighted by Crippen LogP contribution is -1.83. The average Bonchev–Trinajstić information content (AvgIpc) is 2.49. The van der Waals surface area contributed by atoms with Crippen LogP contribution in [0.2, 0.25) is 0 Å². The van der Waals surface area contributed by atoms with Gasteiger partial charge in [0.2, 0.25) is 0 Å². The summed E-state index contributed by atoms with van der Waals surface area (Å²) in [6, 6.07) is 12.5. The lowest BCUT2D eigenvalue weighted by atomic mass is 10.1. The molecule has 0 spiro atoms. The Hall–Kier alpha value is -1.02. The van der Waals surface area contributed by atoms with E-state index >= 15 is 0 Å². The van der Waals surface area contributed by atoms with Crippen LogP contribution in [-0.4, -0.2) is 4.57 Å². The van der Waals surface area contributed by atoms with E-state index in [4.69, 9.17) is 0 Å². The maximum absolute atomic E-state index is 3.55. The first-order valence-corrected chi connectivity index (χ1v) is 4.94. The van der Waals surface area contributed by atoms with E-state index in [2.05, 4.69) is 50.8 Å². The molecular weight excluding hydrogens is 226 g/mol. The highest BCUT2D eigenvalue weighted by Gasteiger charge is 2.04. The summed E-state index contributed by atoms with van der Waals surface area (Å²) in [6.45, 7) is 0. The van der Waals surface area contributed by atoms with Crippen molar-refractivity contribution in [2.45, 2.75) is 0 Å². The smallest absolute Gasteiger partial charge is 0.0923 e. The van der Waals surface area contributed by atoms with Gasteiger partial charge in [0.05, 0.1) is 4.60 Å². The van der Waals surface area contributed by atoms with E-state index in [1.165, 1.54) is 11.1 Å². The molecule has 1 nitrogen and oxygen atoms in total. The van der Waals surface area contributed by atoms with E-state index in [1.54, 1.807) is 0 Å². The highest BCUT2D eigenvalue weighted by atomic mass is 79.9. The molecule has 0 aliphatic heterocycles. The molecule has 0 amide bonds. The Morgan fingerprint density at radius 2 is 1.77 bits per heavy atom. The number of halogens is 1. The van der Waals surface area contributed by atoms with Crippen molar-refractivity contribution in [1.29, 1.82) is 0 Å². The van der Waals surface area contributed by atoms with Crippen LogP contribution in [0, 0.1) is 0 Å². The number of hydrogen-bond acceptors (Lipinski definition) is 0. The van der Waals surface area contributed by atoms with E-state index in [9.17, 15) is 0 Å². The number of benzene rings is 1. The first-order valence-electron chi connectivity index (χ1n) is 4.15. The normalized spacial score (nSPS) is 10.3. The molecule has 1 aromatic carbocycles. The predicted octanol–water partition coefficient (Wildman–Crippen LogP) is 3.45. The minimum Gasteiger partial charge on any atom is -0.345 e. The van der Waals surface area contributed by atoms with Crippen LogP contribution in [0.3, 0.4) is 0 Å². The molecule has 2 heteroatoms. The highest BCUT2D eigenvalue weighted by Crippen LogP contribution is 2.28. The summed E-state index contributed by atoms with van der Waals surface area (Å²) < 4.78 is 3.18. The van der Waals surface area contributed by atoms with Gasteiger partial charge >= 0.3 is 0 Å². The molecule has 66 valence electrons. The van der Waals surface area contributed by atoms with Crippen molar-refractivity contribution < 1.29 is 0 Å². The molecule has 1 aromatic heterocycles. The van der Waals surface area contributed by atoms with Gasteiger partial charge in [0, 0.05) is 18.8 Å². The third-order valence-corrected chi connectivity index (χ3v) is 3.07. The van der Waals surface area contributed by atoms with Crippen LogP contribution in [-0.2, 0) is 7.05 Å². The lowest BCUT2D eigenvalue weighted by Gasteiger charge is -1.99. The fourth-order valence-electron chi connectivity index (χ4n) is 1.34. The zero-order valence-corrected chi connectivity index (χ0v) is 8.95. The summed E-state index contributed by atoms with van der Waals surface area (Å²) in [7, 11) is 2.02.